The Kier molecular flexibility index (Phi) is 4.37. The number of aryl methyl sites for hydroxylation is 2. The molecule has 0 aliphatic heterocycles. The number of para-hydroxylation sites is 2. The van der Waals surface area contributed by atoms with Gasteiger partial charge in [0.1, 0.15) is 0 Å². The first-order chi connectivity index (χ1) is 11.0. The SMILES string of the molecule is Cc1nc(C(C)N(C)CCn2c(=O)oc3ccccc32)c(C)s1. The van der Waals surface area contributed by atoms with Crippen molar-refractivity contribution in [2.75, 3.05) is 13.6 Å². The lowest BCUT2D eigenvalue weighted by atomic mass is 10.2. The van der Waals surface area contributed by atoms with Crippen LogP contribution in [0.2, 0.25) is 0 Å². The van der Waals surface area contributed by atoms with Crippen molar-refractivity contribution in [3.63, 3.8) is 0 Å². The maximum atomic E-state index is 12.0. The molecule has 2 aromatic heterocycles. The van der Waals surface area contributed by atoms with Gasteiger partial charge in [0.2, 0.25) is 0 Å². The number of benzene rings is 1. The molecule has 0 radical (unpaired) electrons. The quantitative estimate of drug-likeness (QED) is 0.719. The lowest BCUT2D eigenvalue weighted by Crippen LogP contribution is -2.29. The molecule has 0 N–H and O–H groups in total. The van der Waals surface area contributed by atoms with E-state index in [1.807, 2.05) is 31.2 Å². The number of thiazole rings is 1. The van der Waals surface area contributed by atoms with Gasteiger partial charge in [-0.1, -0.05) is 12.1 Å². The molecular weight excluding hydrogens is 310 g/mol. The molecule has 122 valence electrons. The Bertz CT molecular complexity index is 877. The number of likely N-dealkylation sites (N-methyl/N-ethyl adjacent to an activating group) is 1. The molecule has 1 aromatic carbocycles. The Labute approximate surface area is 139 Å². The highest BCUT2D eigenvalue weighted by molar-refractivity contribution is 7.11. The minimum Gasteiger partial charge on any atom is -0.408 e. The Morgan fingerprint density at radius 3 is 2.78 bits per heavy atom. The second-order valence-electron chi connectivity index (χ2n) is 5.82. The van der Waals surface area contributed by atoms with Crippen LogP contribution in [-0.2, 0) is 6.54 Å². The third-order valence-electron chi connectivity index (χ3n) is 4.25. The van der Waals surface area contributed by atoms with Crippen molar-refractivity contribution in [3.8, 4) is 0 Å². The van der Waals surface area contributed by atoms with Gasteiger partial charge in [-0.05, 0) is 40.0 Å². The molecule has 1 unspecified atom stereocenters. The van der Waals surface area contributed by atoms with Crippen LogP contribution in [0.25, 0.3) is 11.1 Å². The first-order valence-corrected chi connectivity index (χ1v) is 8.51. The van der Waals surface area contributed by atoms with Crippen molar-refractivity contribution in [2.45, 2.75) is 33.4 Å². The van der Waals surface area contributed by atoms with E-state index in [0.717, 1.165) is 22.8 Å². The molecular formula is C17H21N3O2S. The van der Waals surface area contributed by atoms with Gasteiger partial charge >= 0.3 is 5.76 Å². The standard InChI is InChI=1S/C17H21N3O2S/c1-11(16-12(2)23-13(3)18-16)19(4)9-10-20-14-7-5-6-8-15(14)22-17(20)21/h5-8,11H,9-10H2,1-4H3. The van der Waals surface area contributed by atoms with E-state index in [0.29, 0.717) is 12.1 Å². The summed E-state index contributed by atoms with van der Waals surface area (Å²) in [5, 5.41) is 1.09. The van der Waals surface area contributed by atoms with Gasteiger partial charge in [0.05, 0.1) is 22.3 Å². The molecule has 0 spiro atoms. The smallest absolute Gasteiger partial charge is 0.408 e. The van der Waals surface area contributed by atoms with Crippen LogP contribution in [0, 0.1) is 13.8 Å². The van der Waals surface area contributed by atoms with E-state index in [2.05, 4.69) is 30.8 Å². The summed E-state index contributed by atoms with van der Waals surface area (Å²) in [4.78, 5) is 20.1. The molecule has 0 aliphatic carbocycles. The molecule has 2 heterocycles. The van der Waals surface area contributed by atoms with Crippen LogP contribution in [0.3, 0.4) is 0 Å². The Morgan fingerprint density at radius 2 is 2.09 bits per heavy atom. The van der Waals surface area contributed by atoms with Crippen LogP contribution in [-0.4, -0.2) is 28.0 Å². The van der Waals surface area contributed by atoms with E-state index >= 15 is 0 Å². The summed E-state index contributed by atoms with van der Waals surface area (Å²) in [5.74, 6) is -0.298. The molecule has 0 amide bonds. The summed E-state index contributed by atoms with van der Waals surface area (Å²) in [6.07, 6.45) is 0. The topological polar surface area (TPSA) is 51.3 Å². The van der Waals surface area contributed by atoms with Crippen LogP contribution >= 0.6 is 11.3 Å². The van der Waals surface area contributed by atoms with E-state index < -0.39 is 0 Å². The van der Waals surface area contributed by atoms with E-state index in [1.54, 1.807) is 15.9 Å². The molecule has 0 saturated carbocycles. The number of aromatic nitrogens is 2. The number of fused-ring (bicyclic) bond motifs is 1. The van der Waals surface area contributed by atoms with Gasteiger partial charge < -0.3 is 4.42 Å². The molecule has 23 heavy (non-hydrogen) atoms. The number of hydrogen-bond acceptors (Lipinski definition) is 5. The van der Waals surface area contributed by atoms with Crippen LogP contribution in [0.1, 0.15) is 28.5 Å². The molecule has 0 saturated heterocycles. The molecule has 1 atom stereocenters. The molecule has 0 bridgehead atoms. The average Bonchev–Trinajstić information content (AvgIpc) is 3.02. The van der Waals surface area contributed by atoms with Crippen LogP contribution in [0.15, 0.2) is 33.5 Å². The highest BCUT2D eigenvalue weighted by Crippen LogP contribution is 2.25. The molecule has 0 fully saturated rings. The zero-order valence-electron chi connectivity index (χ0n) is 13.9. The van der Waals surface area contributed by atoms with Crippen LogP contribution < -0.4 is 5.76 Å². The van der Waals surface area contributed by atoms with E-state index in [-0.39, 0.29) is 11.8 Å². The van der Waals surface area contributed by atoms with Crippen molar-refractivity contribution in [3.05, 3.63) is 50.4 Å². The number of rotatable bonds is 5. The molecule has 3 rings (SSSR count). The normalized spacial score (nSPS) is 13.1. The van der Waals surface area contributed by atoms with Gasteiger partial charge in [-0.3, -0.25) is 9.47 Å². The van der Waals surface area contributed by atoms with Crippen molar-refractivity contribution >= 4 is 22.4 Å². The molecule has 6 heteroatoms. The van der Waals surface area contributed by atoms with Gasteiger partial charge in [0.15, 0.2) is 5.58 Å². The van der Waals surface area contributed by atoms with Gasteiger partial charge in [-0.2, -0.15) is 0 Å². The number of nitrogens with zero attached hydrogens (tertiary/aromatic N) is 3. The number of oxazole rings is 1. The Hall–Kier alpha value is -1.92. The summed E-state index contributed by atoms with van der Waals surface area (Å²) in [6, 6.07) is 7.74. The average molecular weight is 331 g/mol. The van der Waals surface area contributed by atoms with Gasteiger partial charge in [-0.25, -0.2) is 9.78 Å². The summed E-state index contributed by atoms with van der Waals surface area (Å²) < 4.78 is 6.97. The van der Waals surface area contributed by atoms with Crippen molar-refractivity contribution in [1.82, 2.24) is 14.5 Å². The van der Waals surface area contributed by atoms with Gasteiger partial charge in [-0.15, -0.1) is 11.3 Å². The first kappa shape index (κ1) is 16.0. The highest BCUT2D eigenvalue weighted by Gasteiger charge is 2.18. The predicted octanol–water partition coefficient (Wildman–Crippen LogP) is 3.36. The van der Waals surface area contributed by atoms with E-state index in [4.69, 9.17) is 4.42 Å². The minimum absolute atomic E-state index is 0.216. The van der Waals surface area contributed by atoms with E-state index in [9.17, 15) is 4.79 Å². The highest BCUT2D eigenvalue weighted by atomic mass is 32.1. The fraction of sp³-hybridized carbons (Fsp3) is 0.412. The van der Waals surface area contributed by atoms with Crippen molar-refractivity contribution in [2.24, 2.45) is 0 Å². The lowest BCUT2D eigenvalue weighted by molar-refractivity contribution is 0.245. The predicted molar refractivity (Wildman–Crippen MR) is 93.1 cm³/mol. The molecule has 0 aliphatic rings. The van der Waals surface area contributed by atoms with Crippen LogP contribution in [0.4, 0.5) is 0 Å². The monoisotopic (exact) mass is 331 g/mol. The zero-order chi connectivity index (χ0) is 16.6. The van der Waals surface area contributed by atoms with Crippen molar-refractivity contribution in [1.29, 1.82) is 0 Å². The second-order valence-corrected chi connectivity index (χ2v) is 7.23. The molecule has 5 nitrogen and oxygen atoms in total. The maximum Gasteiger partial charge on any atom is 0.419 e. The summed E-state index contributed by atoms with van der Waals surface area (Å²) >= 11 is 1.73. The zero-order valence-corrected chi connectivity index (χ0v) is 14.7. The fourth-order valence-corrected chi connectivity index (χ4v) is 3.73. The summed E-state index contributed by atoms with van der Waals surface area (Å²) in [5.41, 5.74) is 2.61. The van der Waals surface area contributed by atoms with Gasteiger partial charge in [0.25, 0.3) is 0 Å². The fourth-order valence-electron chi connectivity index (χ4n) is 2.82. The lowest BCUT2D eigenvalue weighted by Gasteiger charge is -2.24. The largest absolute Gasteiger partial charge is 0.419 e. The molecule has 3 aromatic rings. The van der Waals surface area contributed by atoms with Crippen molar-refractivity contribution < 1.29 is 4.42 Å². The minimum atomic E-state index is -0.298. The van der Waals surface area contributed by atoms with Crippen LogP contribution in [0.5, 0.6) is 0 Å². The summed E-state index contributed by atoms with van der Waals surface area (Å²) in [6.45, 7) is 7.64. The Morgan fingerprint density at radius 1 is 1.35 bits per heavy atom. The first-order valence-electron chi connectivity index (χ1n) is 7.70. The van der Waals surface area contributed by atoms with Gasteiger partial charge in [0, 0.05) is 18.0 Å². The second kappa shape index (κ2) is 6.29. The third-order valence-corrected chi connectivity index (χ3v) is 5.15. The third kappa shape index (κ3) is 3.09. The Balaban J connectivity index is 1.75. The van der Waals surface area contributed by atoms with E-state index in [1.165, 1.54) is 4.88 Å². The number of hydrogen-bond donors (Lipinski definition) is 0. The summed E-state index contributed by atoms with van der Waals surface area (Å²) in [7, 11) is 2.06. The maximum absolute atomic E-state index is 12.0.